The lowest BCUT2D eigenvalue weighted by Crippen LogP contribution is -2.28. The number of hydrogen-bond donors (Lipinski definition) is 1. The first kappa shape index (κ1) is 18.6. The van der Waals surface area contributed by atoms with Crippen molar-refractivity contribution in [2.45, 2.75) is 19.4 Å². The Bertz CT molecular complexity index is 1090. The number of anilines is 1. The first-order chi connectivity index (χ1) is 14.1. The normalized spacial score (nSPS) is 13.5. The van der Waals surface area contributed by atoms with Crippen LogP contribution >= 0.6 is 0 Å². The van der Waals surface area contributed by atoms with Gasteiger partial charge in [-0.3, -0.25) is 14.4 Å². The molecule has 0 aliphatic carbocycles. The largest absolute Gasteiger partial charge is 0.347 e. The van der Waals surface area contributed by atoms with Gasteiger partial charge >= 0.3 is 0 Å². The minimum Gasteiger partial charge on any atom is -0.347 e. The van der Waals surface area contributed by atoms with Crippen molar-refractivity contribution in [2.24, 2.45) is 0 Å². The second-order valence-corrected chi connectivity index (χ2v) is 6.80. The quantitative estimate of drug-likeness (QED) is 0.727. The molecule has 1 aliphatic heterocycles. The second kappa shape index (κ2) is 8.10. The van der Waals surface area contributed by atoms with Crippen LogP contribution in [0.25, 0.3) is 5.69 Å². The van der Waals surface area contributed by atoms with Gasteiger partial charge in [-0.2, -0.15) is 9.78 Å². The van der Waals surface area contributed by atoms with Gasteiger partial charge in [0, 0.05) is 31.3 Å². The van der Waals surface area contributed by atoms with Crippen LogP contribution in [0.4, 0.5) is 5.69 Å². The number of aromatic nitrogens is 2. The van der Waals surface area contributed by atoms with Gasteiger partial charge in [0.15, 0.2) is 0 Å². The van der Waals surface area contributed by atoms with Crippen molar-refractivity contribution in [3.63, 3.8) is 0 Å². The Balaban J connectivity index is 1.43. The Kier molecular flexibility index (Phi) is 5.20. The van der Waals surface area contributed by atoms with Crippen molar-refractivity contribution in [3.8, 4) is 5.69 Å². The van der Waals surface area contributed by atoms with E-state index in [0.717, 1.165) is 24.2 Å². The summed E-state index contributed by atoms with van der Waals surface area (Å²) in [5.41, 5.74) is 2.23. The van der Waals surface area contributed by atoms with E-state index < -0.39 is 0 Å². The third-order valence-corrected chi connectivity index (χ3v) is 4.81. The van der Waals surface area contributed by atoms with Crippen LogP contribution in [-0.4, -0.2) is 28.1 Å². The van der Waals surface area contributed by atoms with E-state index in [1.807, 2.05) is 30.3 Å². The van der Waals surface area contributed by atoms with Crippen LogP contribution in [0.15, 0.2) is 71.5 Å². The SMILES string of the molecule is O=C(NCc1ccc(N2CCCC2=O)cc1)c1ccc(=O)n(-c2ccccc2)n1. The van der Waals surface area contributed by atoms with E-state index in [1.54, 1.807) is 29.2 Å². The molecule has 3 aromatic rings. The summed E-state index contributed by atoms with van der Waals surface area (Å²) in [7, 11) is 0. The molecule has 4 rings (SSSR count). The van der Waals surface area contributed by atoms with Crippen LogP contribution in [-0.2, 0) is 11.3 Å². The highest BCUT2D eigenvalue weighted by Crippen LogP contribution is 2.21. The maximum atomic E-state index is 12.5. The molecule has 2 aromatic carbocycles. The minimum atomic E-state index is -0.367. The first-order valence-corrected chi connectivity index (χ1v) is 9.45. The average Bonchev–Trinajstić information content (AvgIpc) is 3.19. The van der Waals surface area contributed by atoms with E-state index in [0.29, 0.717) is 18.7 Å². The molecule has 1 aliphatic rings. The van der Waals surface area contributed by atoms with Crippen LogP contribution < -0.4 is 15.8 Å². The number of rotatable bonds is 5. The summed E-state index contributed by atoms with van der Waals surface area (Å²) in [5.74, 6) is -0.223. The summed E-state index contributed by atoms with van der Waals surface area (Å²) in [5, 5.41) is 6.99. The highest BCUT2D eigenvalue weighted by Gasteiger charge is 2.21. The molecule has 1 aromatic heterocycles. The summed E-state index contributed by atoms with van der Waals surface area (Å²) in [6.07, 6.45) is 1.48. The number of hydrogen-bond acceptors (Lipinski definition) is 4. The third kappa shape index (κ3) is 4.08. The lowest BCUT2D eigenvalue weighted by molar-refractivity contribution is -0.117. The van der Waals surface area contributed by atoms with E-state index in [-0.39, 0.29) is 23.1 Å². The van der Waals surface area contributed by atoms with Gasteiger partial charge in [-0.25, -0.2) is 0 Å². The van der Waals surface area contributed by atoms with Crippen molar-refractivity contribution < 1.29 is 9.59 Å². The zero-order valence-corrected chi connectivity index (χ0v) is 15.7. The lowest BCUT2D eigenvalue weighted by Gasteiger charge is -2.16. The first-order valence-electron chi connectivity index (χ1n) is 9.45. The summed E-state index contributed by atoms with van der Waals surface area (Å²) < 4.78 is 1.21. The molecule has 0 atom stereocenters. The number of para-hydroxylation sites is 1. The van der Waals surface area contributed by atoms with Gasteiger partial charge in [-0.05, 0) is 42.3 Å². The molecular weight excluding hydrogens is 368 g/mol. The zero-order chi connectivity index (χ0) is 20.2. The van der Waals surface area contributed by atoms with Crippen LogP contribution in [0.5, 0.6) is 0 Å². The van der Waals surface area contributed by atoms with Crippen LogP contribution in [0.1, 0.15) is 28.9 Å². The van der Waals surface area contributed by atoms with Gasteiger partial charge in [-0.15, -0.1) is 0 Å². The summed E-state index contributed by atoms with van der Waals surface area (Å²) in [6, 6.07) is 19.2. The smallest absolute Gasteiger partial charge is 0.272 e. The van der Waals surface area contributed by atoms with E-state index in [2.05, 4.69) is 10.4 Å². The van der Waals surface area contributed by atoms with E-state index in [9.17, 15) is 14.4 Å². The maximum absolute atomic E-state index is 12.5. The fraction of sp³-hybridized carbons (Fsp3) is 0.182. The second-order valence-electron chi connectivity index (χ2n) is 6.80. The number of nitrogens with one attached hydrogen (secondary N) is 1. The van der Waals surface area contributed by atoms with Crippen molar-refractivity contribution >= 4 is 17.5 Å². The Hall–Kier alpha value is -3.74. The van der Waals surface area contributed by atoms with Gasteiger partial charge in [-0.1, -0.05) is 30.3 Å². The van der Waals surface area contributed by atoms with Crippen LogP contribution in [0.2, 0.25) is 0 Å². The Morgan fingerprint density at radius 3 is 2.38 bits per heavy atom. The monoisotopic (exact) mass is 388 g/mol. The highest BCUT2D eigenvalue weighted by atomic mass is 16.2. The molecule has 7 nitrogen and oxygen atoms in total. The van der Waals surface area contributed by atoms with E-state index in [1.165, 1.54) is 16.8 Å². The van der Waals surface area contributed by atoms with Crippen molar-refractivity contribution in [1.29, 1.82) is 0 Å². The number of carbonyl (C=O) groups is 2. The molecule has 0 bridgehead atoms. The molecule has 2 amide bonds. The molecule has 1 N–H and O–H groups in total. The fourth-order valence-corrected chi connectivity index (χ4v) is 3.27. The number of amides is 2. The molecule has 1 fully saturated rings. The maximum Gasteiger partial charge on any atom is 0.272 e. The van der Waals surface area contributed by atoms with Crippen molar-refractivity contribution in [1.82, 2.24) is 15.1 Å². The molecule has 0 unspecified atom stereocenters. The van der Waals surface area contributed by atoms with Gasteiger partial charge in [0.25, 0.3) is 11.5 Å². The Labute approximate surface area is 167 Å². The number of benzene rings is 2. The molecule has 2 heterocycles. The lowest BCUT2D eigenvalue weighted by atomic mass is 10.2. The molecule has 7 heteroatoms. The van der Waals surface area contributed by atoms with E-state index in [4.69, 9.17) is 0 Å². The Morgan fingerprint density at radius 1 is 0.931 bits per heavy atom. The molecule has 0 spiro atoms. The van der Waals surface area contributed by atoms with Crippen LogP contribution in [0.3, 0.4) is 0 Å². The minimum absolute atomic E-state index is 0.144. The third-order valence-electron chi connectivity index (χ3n) is 4.81. The molecule has 29 heavy (non-hydrogen) atoms. The predicted octanol–water partition coefficient (Wildman–Crippen LogP) is 2.29. The highest BCUT2D eigenvalue weighted by molar-refractivity contribution is 5.95. The summed E-state index contributed by atoms with van der Waals surface area (Å²) in [4.78, 5) is 38.2. The van der Waals surface area contributed by atoms with Gasteiger partial charge in [0.1, 0.15) is 5.69 Å². The molecule has 0 saturated carbocycles. The standard InChI is InChI=1S/C22H20N4O3/c27-20-7-4-14-25(20)17-10-8-16(9-11-17)15-23-22(29)19-12-13-21(28)26(24-19)18-5-2-1-3-6-18/h1-3,5-6,8-13H,4,7,14-15H2,(H,23,29). The number of carbonyl (C=O) groups excluding carboxylic acids is 2. The topological polar surface area (TPSA) is 84.3 Å². The molecular formula is C22H20N4O3. The van der Waals surface area contributed by atoms with Crippen molar-refractivity contribution in [3.05, 3.63) is 88.3 Å². The van der Waals surface area contributed by atoms with Gasteiger partial charge in [0.2, 0.25) is 5.91 Å². The fourth-order valence-electron chi connectivity index (χ4n) is 3.27. The molecule has 146 valence electrons. The average molecular weight is 388 g/mol. The van der Waals surface area contributed by atoms with E-state index >= 15 is 0 Å². The van der Waals surface area contributed by atoms with Crippen LogP contribution in [0, 0.1) is 0 Å². The molecule has 1 saturated heterocycles. The van der Waals surface area contributed by atoms with Gasteiger partial charge in [0.05, 0.1) is 5.69 Å². The van der Waals surface area contributed by atoms with Crippen molar-refractivity contribution in [2.75, 3.05) is 11.4 Å². The predicted molar refractivity (Wildman–Crippen MR) is 109 cm³/mol. The molecule has 0 radical (unpaired) electrons. The summed E-state index contributed by atoms with van der Waals surface area (Å²) >= 11 is 0. The van der Waals surface area contributed by atoms with Gasteiger partial charge < -0.3 is 10.2 Å². The Morgan fingerprint density at radius 2 is 1.69 bits per heavy atom. The number of nitrogens with zero attached hydrogens (tertiary/aromatic N) is 3. The zero-order valence-electron chi connectivity index (χ0n) is 15.7. The summed E-state index contributed by atoms with van der Waals surface area (Å²) in [6.45, 7) is 1.07.